The molecule has 0 bridgehead atoms. The van der Waals surface area contributed by atoms with E-state index in [4.69, 9.17) is 0 Å². The number of carbonyl (C=O) groups is 1. The van der Waals surface area contributed by atoms with E-state index in [9.17, 15) is 4.79 Å². The Labute approximate surface area is 162 Å². The summed E-state index contributed by atoms with van der Waals surface area (Å²) >= 11 is 2.22. The minimum Gasteiger partial charge on any atom is -0.350 e. The molecule has 1 aliphatic rings. The third-order valence-corrected chi connectivity index (χ3v) is 5.27. The summed E-state index contributed by atoms with van der Waals surface area (Å²) in [5.74, 6) is 1.41. The van der Waals surface area contributed by atoms with Gasteiger partial charge in [0.05, 0.1) is 6.04 Å². The number of halogens is 1. The minimum atomic E-state index is 0.00164. The average molecular weight is 450 g/mol. The molecule has 1 fully saturated rings. The van der Waals surface area contributed by atoms with Gasteiger partial charge in [-0.15, -0.1) is 0 Å². The van der Waals surface area contributed by atoms with Crippen molar-refractivity contribution in [3.8, 4) is 0 Å². The number of piperidine rings is 1. The fourth-order valence-electron chi connectivity index (χ4n) is 3.33. The van der Waals surface area contributed by atoms with Gasteiger partial charge in [0.15, 0.2) is 0 Å². The predicted molar refractivity (Wildman–Crippen MR) is 108 cm³/mol. The van der Waals surface area contributed by atoms with Crippen LogP contribution < -0.4 is 10.2 Å². The molecule has 5 nitrogen and oxygen atoms in total. The van der Waals surface area contributed by atoms with E-state index in [1.807, 2.05) is 19.3 Å². The number of hydrogen-bond acceptors (Lipinski definition) is 4. The zero-order valence-electron chi connectivity index (χ0n) is 14.6. The second-order valence-electron chi connectivity index (χ2n) is 6.55. The van der Waals surface area contributed by atoms with E-state index < -0.39 is 0 Å². The van der Waals surface area contributed by atoms with Crippen molar-refractivity contribution in [2.75, 3.05) is 18.0 Å². The highest BCUT2D eigenvalue weighted by Crippen LogP contribution is 2.30. The highest BCUT2D eigenvalue weighted by Gasteiger charge is 2.22. The van der Waals surface area contributed by atoms with Crippen molar-refractivity contribution >= 4 is 34.4 Å². The normalized spacial score (nSPS) is 16.5. The lowest BCUT2D eigenvalue weighted by atomic mass is 9.88. The van der Waals surface area contributed by atoms with Gasteiger partial charge in [-0.1, -0.05) is 24.3 Å². The standard InChI is InChI=1S/C19H23IN4O/c1-13(23-14(2)25)15-3-5-16(6-4-15)17-7-9-24(10-8-17)19-21-11-18(20)12-22-19/h3-6,11-13,17H,7-10H2,1-2H3,(H,23,25). The van der Waals surface area contributed by atoms with Crippen LogP contribution in [0.5, 0.6) is 0 Å². The van der Waals surface area contributed by atoms with E-state index in [2.05, 4.69) is 67.0 Å². The lowest BCUT2D eigenvalue weighted by molar-refractivity contribution is -0.119. The Morgan fingerprint density at radius 2 is 1.80 bits per heavy atom. The maximum Gasteiger partial charge on any atom is 0.225 e. The van der Waals surface area contributed by atoms with Crippen molar-refractivity contribution in [1.82, 2.24) is 15.3 Å². The Morgan fingerprint density at radius 1 is 1.20 bits per heavy atom. The van der Waals surface area contributed by atoms with Crippen LogP contribution in [0.2, 0.25) is 0 Å². The summed E-state index contributed by atoms with van der Waals surface area (Å²) in [6, 6.07) is 8.71. The molecule has 1 saturated heterocycles. The van der Waals surface area contributed by atoms with Gasteiger partial charge in [0.25, 0.3) is 0 Å². The van der Waals surface area contributed by atoms with Gasteiger partial charge < -0.3 is 10.2 Å². The van der Waals surface area contributed by atoms with Gasteiger partial charge in [-0.05, 0) is 59.4 Å². The Bertz CT molecular complexity index is 709. The Balaban J connectivity index is 1.59. The molecular weight excluding hydrogens is 427 g/mol. The van der Waals surface area contributed by atoms with Crippen LogP contribution in [0.3, 0.4) is 0 Å². The number of rotatable bonds is 4. The van der Waals surface area contributed by atoms with Crippen molar-refractivity contribution in [2.45, 2.75) is 38.6 Å². The van der Waals surface area contributed by atoms with Gasteiger partial charge in [0.1, 0.15) is 0 Å². The SMILES string of the molecule is CC(=O)NC(C)c1ccc(C2CCN(c3ncc(I)cn3)CC2)cc1. The number of benzene rings is 1. The van der Waals surface area contributed by atoms with E-state index >= 15 is 0 Å². The van der Waals surface area contributed by atoms with Crippen LogP contribution in [0.15, 0.2) is 36.7 Å². The monoisotopic (exact) mass is 450 g/mol. The smallest absolute Gasteiger partial charge is 0.225 e. The number of nitrogens with zero attached hydrogens (tertiary/aromatic N) is 3. The largest absolute Gasteiger partial charge is 0.350 e. The number of carbonyl (C=O) groups excluding carboxylic acids is 1. The first kappa shape index (κ1) is 18.1. The Morgan fingerprint density at radius 3 is 2.36 bits per heavy atom. The summed E-state index contributed by atoms with van der Waals surface area (Å²) in [6.07, 6.45) is 5.94. The highest BCUT2D eigenvalue weighted by atomic mass is 127. The average Bonchev–Trinajstić information content (AvgIpc) is 2.62. The van der Waals surface area contributed by atoms with Crippen molar-refractivity contribution in [3.63, 3.8) is 0 Å². The second kappa shape index (κ2) is 8.12. The first-order valence-corrected chi connectivity index (χ1v) is 9.70. The second-order valence-corrected chi connectivity index (χ2v) is 7.80. The Hall–Kier alpha value is -1.70. The maximum atomic E-state index is 11.2. The van der Waals surface area contributed by atoms with Gasteiger partial charge in [0, 0.05) is 36.0 Å². The molecule has 1 atom stereocenters. The topological polar surface area (TPSA) is 58.1 Å². The van der Waals surface area contributed by atoms with Crippen LogP contribution in [-0.4, -0.2) is 29.0 Å². The zero-order chi connectivity index (χ0) is 17.8. The van der Waals surface area contributed by atoms with Gasteiger partial charge >= 0.3 is 0 Å². The third kappa shape index (κ3) is 4.68. The molecule has 0 saturated carbocycles. The molecule has 2 heterocycles. The molecule has 1 N–H and O–H groups in total. The fraction of sp³-hybridized carbons (Fsp3) is 0.421. The van der Waals surface area contributed by atoms with Crippen LogP contribution in [0, 0.1) is 3.57 Å². The van der Waals surface area contributed by atoms with Crippen molar-refractivity contribution < 1.29 is 4.79 Å². The Kier molecular flexibility index (Phi) is 5.88. The number of amides is 1. The number of aromatic nitrogens is 2. The van der Waals surface area contributed by atoms with Gasteiger partial charge in [-0.2, -0.15) is 0 Å². The minimum absolute atomic E-state index is 0.00164. The maximum absolute atomic E-state index is 11.2. The summed E-state index contributed by atoms with van der Waals surface area (Å²) < 4.78 is 1.06. The molecule has 0 spiro atoms. The molecule has 1 aromatic carbocycles. The highest BCUT2D eigenvalue weighted by molar-refractivity contribution is 14.1. The first-order valence-electron chi connectivity index (χ1n) is 8.62. The number of hydrogen-bond donors (Lipinski definition) is 1. The summed E-state index contributed by atoms with van der Waals surface area (Å²) in [5, 5.41) is 2.93. The van der Waals surface area contributed by atoms with Crippen molar-refractivity contribution in [3.05, 3.63) is 51.4 Å². The molecule has 1 aromatic heterocycles. The molecule has 0 radical (unpaired) electrons. The molecular formula is C19H23IN4O. The summed E-state index contributed by atoms with van der Waals surface area (Å²) in [6.45, 7) is 5.52. The van der Waals surface area contributed by atoms with Crippen LogP contribution in [-0.2, 0) is 4.79 Å². The lowest BCUT2D eigenvalue weighted by Gasteiger charge is -2.32. The van der Waals surface area contributed by atoms with E-state index in [0.717, 1.165) is 41.0 Å². The summed E-state index contributed by atoms with van der Waals surface area (Å²) in [5.41, 5.74) is 2.52. The van der Waals surface area contributed by atoms with Gasteiger partial charge in [0.2, 0.25) is 11.9 Å². The zero-order valence-corrected chi connectivity index (χ0v) is 16.7. The van der Waals surface area contributed by atoms with Crippen LogP contribution in [0.4, 0.5) is 5.95 Å². The number of nitrogens with one attached hydrogen (secondary N) is 1. The summed E-state index contributed by atoms with van der Waals surface area (Å²) in [7, 11) is 0. The quantitative estimate of drug-likeness (QED) is 0.723. The van der Waals surface area contributed by atoms with Gasteiger partial charge in [-0.25, -0.2) is 9.97 Å². The molecule has 132 valence electrons. The number of anilines is 1. The van der Waals surface area contributed by atoms with Crippen molar-refractivity contribution in [1.29, 1.82) is 0 Å². The molecule has 6 heteroatoms. The van der Waals surface area contributed by atoms with Crippen LogP contribution in [0.25, 0.3) is 0 Å². The summed E-state index contributed by atoms with van der Waals surface area (Å²) in [4.78, 5) is 22.3. The fourth-order valence-corrected chi connectivity index (χ4v) is 3.61. The molecule has 2 aromatic rings. The molecule has 25 heavy (non-hydrogen) atoms. The molecule has 0 aliphatic carbocycles. The van der Waals surface area contributed by atoms with E-state index in [-0.39, 0.29) is 11.9 Å². The van der Waals surface area contributed by atoms with E-state index in [0.29, 0.717) is 5.92 Å². The van der Waals surface area contributed by atoms with E-state index in [1.54, 1.807) is 6.92 Å². The third-order valence-electron chi connectivity index (χ3n) is 4.71. The van der Waals surface area contributed by atoms with Crippen molar-refractivity contribution in [2.24, 2.45) is 0 Å². The van der Waals surface area contributed by atoms with Crippen LogP contribution >= 0.6 is 22.6 Å². The lowest BCUT2D eigenvalue weighted by Crippen LogP contribution is -2.34. The predicted octanol–water partition coefficient (Wildman–Crippen LogP) is 3.66. The molecule has 1 aliphatic heterocycles. The molecule has 1 unspecified atom stereocenters. The van der Waals surface area contributed by atoms with Crippen LogP contribution in [0.1, 0.15) is 49.8 Å². The first-order chi connectivity index (χ1) is 12.0. The molecule has 1 amide bonds. The van der Waals surface area contributed by atoms with E-state index in [1.165, 1.54) is 5.56 Å². The molecule has 3 rings (SSSR count). The van der Waals surface area contributed by atoms with Gasteiger partial charge in [-0.3, -0.25) is 4.79 Å².